The lowest BCUT2D eigenvalue weighted by Gasteiger charge is -2.10. The highest BCUT2D eigenvalue weighted by Gasteiger charge is 2.12. The highest BCUT2D eigenvalue weighted by molar-refractivity contribution is 5.97. The molecule has 2 aromatic rings. The fourth-order valence-corrected chi connectivity index (χ4v) is 2.12. The number of carbonyl (C=O) groups excluding carboxylic acids is 1. The first-order chi connectivity index (χ1) is 10.6. The molecule has 2 N–H and O–H groups in total. The van der Waals surface area contributed by atoms with E-state index in [9.17, 15) is 9.90 Å². The van der Waals surface area contributed by atoms with Crippen LogP contribution in [0.2, 0.25) is 0 Å². The van der Waals surface area contributed by atoms with Crippen molar-refractivity contribution in [3.63, 3.8) is 0 Å². The first-order valence-electron chi connectivity index (χ1n) is 7.48. The summed E-state index contributed by atoms with van der Waals surface area (Å²) in [6, 6.07) is 5.14. The number of aryl methyl sites for hydroxylation is 1. The first-order valence-corrected chi connectivity index (χ1v) is 7.48. The summed E-state index contributed by atoms with van der Waals surface area (Å²) in [4.78, 5) is 16.5. The van der Waals surface area contributed by atoms with Gasteiger partial charge < -0.3 is 19.6 Å². The van der Waals surface area contributed by atoms with Crippen molar-refractivity contribution in [2.75, 3.05) is 20.3 Å². The Bertz CT molecular complexity index is 624. The van der Waals surface area contributed by atoms with Crippen LogP contribution in [-0.2, 0) is 11.2 Å². The SMILES string of the molecule is CCCCc1nc2cc(C(=O)NCC(O)COC)ccc2o1. The van der Waals surface area contributed by atoms with Crippen molar-refractivity contribution in [2.45, 2.75) is 32.3 Å². The van der Waals surface area contributed by atoms with Gasteiger partial charge in [0, 0.05) is 25.6 Å². The zero-order valence-corrected chi connectivity index (χ0v) is 13.0. The molecule has 0 spiro atoms. The Kier molecular flexibility index (Phi) is 5.91. The second-order valence-electron chi connectivity index (χ2n) is 5.21. The Morgan fingerprint density at radius 3 is 3.05 bits per heavy atom. The van der Waals surface area contributed by atoms with Gasteiger partial charge in [0.2, 0.25) is 0 Å². The summed E-state index contributed by atoms with van der Waals surface area (Å²) < 4.78 is 10.4. The molecular weight excluding hydrogens is 284 g/mol. The van der Waals surface area contributed by atoms with E-state index in [-0.39, 0.29) is 19.1 Å². The van der Waals surface area contributed by atoms with E-state index in [0.29, 0.717) is 22.6 Å². The fourth-order valence-electron chi connectivity index (χ4n) is 2.12. The third kappa shape index (κ3) is 4.29. The van der Waals surface area contributed by atoms with Crippen LogP contribution in [0.4, 0.5) is 0 Å². The van der Waals surface area contributed by atoms with Crippen LogP contribution in [-0.4, -0.2) is 42.4 Å². The average Bonchev–Trinajstić information content (AvgIpc) is 2.92. The van der Waals surface area contributed by atoms with E-state index in [1.165, 1.54) is 7.11 Å². The van der Waals surface area contributed by atoms with Gasteiger partial charge in [-0.05, 0) is 24.6 Å². The van der Waals surface area contributed by atoms with Gasteiger partial charge in [-0.1, -0.05) is 13.3 Å². The van der Waals surface area contributed by atoms with Crippen LogP contribution >= 0.6 is 0 Å². The van der Waals surface area contributed by atoms with Crippen molar-refractivity contribution in [1.82, 2.24) is 10.3 Å². The van der Waals surface area contributed by atoms with Crippen LogP contribution in [0.1, 0.15) is 36.0 Å². The van der Waals surface area contributed by atoms with E-state index >= 15 is 0 Å². The van der Waals surface area contributed by atoms with Crippen LogP contribution < -0.4 is 5.32 Å². The number of amides is 1. The number of nitrogens with one attached hydrogen (secondary N) is 1. The minimum Gasteiger partial charge on any atom is -0.441 e. The summed E-state index contributed by atoms with van der Waals surface area (Å²) in [7, 11) is 1.50. The third-order valence-corrected chi connectivity index (χ3v) is 3.30. The highest BCUT2D eigenvalue weighted by Crippen LogP contribution is 2.18. The molecule has 6 nitrogen and oxygen atoms in total. The zero-order valence-electron chi connectivity index (χ0n) is 13.0. The van der Waals surface area contributed by atoms with E-state index in [1.54, 1.807) is 18.2 Å². The van der Waals surface area contributed by atoms with Crippen molar-refractivity contribution >= 4 is 17.0 Å². The van der Waals surface area contributed by atoms with Gasteiger partial charge in [0.1, 0.15) is 5.52 Å². The fraction of sp³-hybridized carbons (Fsp3) is 0.500. The molecule has 1 atom stereocenters. The maximum atomic E-state index is 12.1. The van der Waals surface area contributed by atoms with Gasteiger partial charge >= 0.3 is 0 Å². The molecule has 1 aromatic carbocycles. The number of ether oxygens (including phenoxy) is 1. The van der Waals surface area contributed by atoms with Crippen molar-refractivity contribution in [3.8, 4) is 0 Å². The average molecular weight is 306 g/mol. The topological polar surface area (TPSA) is 84.6 Å². The molecule has 0 saturated heterocycles. The van der Waals surface area contributed by atoms with E-state index < -0.39 is 6.10 Å². The minimum absolute atomic E-state index is 0.144. The number of nitrogens with zero attached hydrogens (tertiary/aromatic N) is 1. The van der Waals surface area contributed by atoms with Gasteiger partial charge in [-0.25, -0.2) is 4.98 Å². The molecule has 0 saturated carbocycles. The number of aliphatic hydroxyl groups is 1. The quantitative estimate of drug-likeness (QED) is 0.778. The van der Waals surface area contributed by atoms with Gasteiger partial charge in [0.05, 0.1) is 12.7 Å². The van der Waals surface area contributed by atoms with Crippen molar-refractivity contribution in [3.05, 3.63) is 29.7 Å². The number of unbranched alkanes of at least 4 members (excludes halogenated alkanes) is 1. The lowest BCUT2D eigenvalue weighted by Crippen LogP contribution is -2.34. The molecule has 1 unspecified atom stereocenters. The molecule has 22 heavy (non-hydrogen) atoms. The molecule has 0 bridgehead atoms. The summed E-state index contributed by atoms with van der Waals surface area (Å²) in [5.74, 6) is 0.445. The van der Waals surface area contributed by atoms with Crippen LogP contribution in [0, 0.1) is 0 Å². The molecule has 1 amide bonds. The lowest BCUT2D eigenvalue weighted by molar-refractivity contribution is 0.0610. The second kappa shape index (κ2) is 7.91. The number of hydrogen-bond acceptors (Lipinski definition) is 5. The molecule has 2 rings (SSSR count). The number of methoxy groups -OCH3 is 1. The van der Waals surface area contributed by atoms with Crippen molar-refractivity contribution < 1.29 is 19.1 Å². The summed E-state index contributed by atoms with van der Waals surface area (Å²) >= 11 is 0. The molecule has 0 fully saturated rings. The van der Waals surface area contributed by atoms with Gasteiger partial charge in [0.15, 0.2) is 11.5 Å². The summed E-state index contributed by atoms with van der Waals surface area (Å²) in [5, 5.41) is 12.2. The number of aromatic nitrogens is 1. The maximum Gasteiger partial charge on any atom is 0.251 e. The molecule has 0 aliphatic heterocycles. The van der Waals surface area contributed by atoms with Crippen LogP contribution in [0.15, 0.2) is 22.6 Å². The van der Waals surface area contributed by atoms with E-state index in [4.69, 9.17) is 9.15 Å². The molecule has 1 heterocycles. The second-order valence-corrected chi connectivity index (χ2v) is 5.21. The standard InChI is InChI=1S/C16H22N2O4/c1-3-4-5-15-18-13-8-11(6-7-14(13)22-15)16(20)17-9-12(19)10-21-2/h6-8,12,19H,3-5,9-10H2,1-2H3,(H,17,20). The van der Waals surface area contributed by atoms with Gasteiger partial charge in [-0.3, -0.25) is 4.79 Å². The monoisotopic (exact) mass is 306 g/mol. The number of aliphatic hydroxyl groups excluding tert-OH is 1. The Morgan fingerprint density at radius 1 is 1.50 bits per heavy atom. The van der Waals surface area contributed by atoms with Crippen LogP contribution in [0.5, 0.6) is 0 Å². The maximum absolute atomic E-state index is 12.1. The molecule has 0 aliphatic rings. The zero-order chi connectivity index (χ0) is 15.9. The van der Waals surface area contributed by atoms with Gasteiger partial charge in [-0.2, -0.15) is 0 Å². The highest BCUT2D eigenvalue weighted by atomic mass is 16.5. The number of benzene rings is 1. The Balaban J connectivity index is 2.03. The van der Waals surface area contributed by atoms with E-state index in [2.05, 4.69) is 17.2 Å². The molecule has 6 heteroatoms. The minimum atomic E-state index is -0.717. The summed E-state index contributed by atoms with van der Waals surface area (Å²) in [6.45, 7) is 2.44. The predicted octanol–water partition coefficient (Wildman–Crippen LogP) is 1.91. The largest absolute Gasteiger partial charge is 0.441 e. The molecule has 0 radical (unpaired) electrons. The number of hydrogen-bond donors (Lipinski definition) is 2. The van der Waals surface area contributed by atoms with Gasteiger partial charge in [0.25, 0.3) is 5.91 Å². The number of fused-ring (bicyclic) bond motifs is 1. The predicted molar refractivity (Wildman–Crippen MR) is 82.8 cm³/mol. The first kappa shape index (κ1) is 16.5. The Labute approximate surface area is 129 Å². The van der Waals surface area contributed by atoms with Gasteiger partial charge in [-0.15, -0.1) is 0 Å². The summed E-state index contributed by atoms with van der Waals surface area (Å²) in [6.07, 6.45) is 2.19. The van der Waals surface area contributed by atoms with E-state index in [0.717, 1.165) is 19.3 Å². The molecular formula is C16H22N2O4. The Hall–Kier alpha value is -1.92. The number of carbonyl (C=O) groups is 1. The van der Waals surface area contributed by atoms with Crippen molar-refractivity contribution in [2.24, 2.45) is 0 Å². The van der Waals surface area contributed by atoms with E-state index in [1.807, 2.05) is 0 Å². The lowest BCUT2D eigenvalue weighted by atomic mass is 10.2. The van der Waals surface area contributed by atoms with Crippen LogP contribution in [0.25, 0.3) is 11.1 Å². The number of oxazole rings is 1. The molecule has 1 aromatic heterocycles. The number of rotatable bonds is 8. The van der Waals surface area contributed by atoms with Crippen LogP contribution in [0.3, 0.4) is 0 Å². The third-order valence-electron chi connectivity index (χ3n) is 3.30. The Morgan fingerprint density at radius 2 is 2.32 bits per heavy atom. The van der Waals surface area contributed by atoms with Crippen molar-refractivity contribution in [1.29, 1.82) is 0 Å². The molecule has 0 aliphatic carbocycles. The normalized spacial score (nSPS) is 12.5. The molecule has 120 valence electrons. The summed E-state index contributed by atoms with van der Waals surface area (Å²) in [5.41, 5.74) is 1.85. The smallest absolute Gasteiger partial charge is 0.251 e.